The Morgan fingerprint density at radius 1 is 1.50 bits per heavy atom. The van der Waals surface area contributed by atoms with Crippen LogP contribution in [0.3, 0.4) is 0 Å². The Hall–Kier alpha value is -0.660. The van der Waals surface area contributed by atoms with Crippen LogP contribution in [0.25, 0.3) is 0 Å². The number of nitrogens with two attached hydrogens (primary N) is 1. The lowest BCUT2D eigenvalue weighted by molar-refractivity contribution is -0.135. The predicted molar refractivity (Wildman–Crippen MR) is 70.4 cm³/mol. The third-order valence-electron chi connectivity index (χ3n) is 3.49. The van der Waals surface area contributed by atoms with Crippen molar-refractivity contribution in [1.82, 2.24) is 9.21 Å². The molecule has 0 aromatic rings. The van der Waals surface area contributed by atoms with Crippen molar-refractivity contribution in [3.05, 3.63) is 0 Å². The van der Waals surface area contributed by atoms with Gasteiger partial charge >= 0.3 is 0 Å². The van der Waals surface area contributed by atoms with Gasteiger partial charge in [-0.25, -0.2) is 8.42 Å². The van der Waals surface area contributed by atoms with E-state index in [1.807, 2.05) is 0 Å². The third kappa shape index (κ3) is 3.93. The lowest BCUT2D eigenvalue weighted by Crippen LogP contribution is -2.52. The van der Waals surface area contributed by atoms with Crippen LogP contribution in [0.4, 0.5) is 0 Å². The molecule has 0 bridgehead atoms. The topological polar surface area (TPSA) is 83.7 Å². The molecular weight excluding hydrogens is 254 g/mol. The molecule has 6 nitrogen and oxygen atoms in total. The fourth-order valence-corrected chi connectivity index (χ4v) is 2.55. The largest absolute Gasteiger partial charge is 0.337 e. The molecule has 2 N–H and O–H groups in total. The highest BCUT2D eigenvalue weighted by atomic mass is 32.2. The minimum atomic E-state index is -3.32. The standard InChI is InChI=1S/C11H23N3O3S/c1-9-4-5-14(10(6-9)7-12)11(15)8-13(2)18(3,16)17/h9-10H,4-8,12H2,1-3H3. The quantitative estimate of drug-likeness (QED) is 0.748. The highest BCUT2D eigenvalue weighted by Crippen LogP contribution is 2.22. The van der Waals surface area contributed by atoms with Crippen molar-refractivity contribution in [2.75, 3.05) is 32.9 Å². The molecule has 2 unspecified atom stereocenters. The molecule has 7 heteroatoms. The lowest BCUT2D eigenvalue weighted by atomic mass is 9.92. The summed E-state index contributed by atoms with van der Waals surface area (Å²) in [5.41, 5.74) is 5.68. The Labute approximate surface area is 109 Å². The molecule has 1 saturated heterocycles. The minimum Gasteiger partial charge on any atom is -0.337 e. The van der Waals surface area contributed by atoms with Gasteiger partial charge in [-0.2, -0.15) is 4.31 Å². The van der Waals surface area contributed by atoms with Crippen LogP contribution in [0.15, 0.2) is 0 Å². The monoisotopic (exact) mass is 277 g/mol. The molecule has 1 heterocycles. The molecule has 1 rings (SSSR count). The molecule has 1 amide bonds. The number of rotatable bonds is 4. The number of hydrogen-bond donors (Lipinski definition) is 1. The van der Waals surface area contributed by atoms with Crippen molar-refractivity contribution in [2.45, 2.75) is 25.8 Å². The summed E-state index contributed by atoms with van der Waals surface area (Å²) in [6.45, 7) is 3.13. The number of piperidine rings is 1. The summed E-state index contributed by atoms with van der Waals surface area (Å²) in [4.78, 5) is 13.8. The summed E-state index contributed by atoms with van der Waals surface area (Å²) >= 11 is 0. The van der Waals surface area contributed by atoms with E-state index >= 15 is 0 Å². The van der Waals surface area contributed by atoms with Crippen LogP contribution in [0.2, 0.25) is 0 Å². The SMILES string of the molecule is CC1CCN(C(=O)CN(C)S(C)(=O)=O)C(CN)C1. The van der Waals surface area contributed by atoms with Crippen molar-refractivity contribution in [3.8, 4) is 0 Å². The van der Waals surface area contributed by atoms with Crippen LogP contribution < -0.4 is 5.73 Å². The number of likely N-dealkylation sites (tertiary alicyclic amines) is 1. The summed E-state index contributed by atoms with van der Waals surface area (Å²) in [5.74, 6) is 0.403. The first-order valence-corrected chi connectivity index (χ1v) is 8.01. The van der Waals surface area contributed by atoms with Gasteiger partial charge in [-0.15, -0.1) is 0 Å². The zero-order valence-corrected chi connectivity index (χ0v) is 12.1. The van der Waals surface area contributed by atoms with Crippen LogP contribution in [0.5, 0.6) is 0 Å². The van der Waals surface area contributed by atoms with Crippen LogP contribution in [0, 0.1) is 5.92 Å². The molecule has 0 saturated carbocycles. The van der Waals surface area contributed by atoms with E-state index in [0.29, 0.717) is 19.0 Å². The third-order valence-corrected chi connectivity index (χ3v) is 4.76. The van der Waals surface area contributed by atoms with E-state index in [-0.39, 0.29) is 18.5 Å². The number of carbonyl (C=O) groups is 1. The zero-order chi connectivity index (χ0) is 13.9. The van der Waals surface area contributed by atoms with E-state index in [9.17, 15) is 13.2 Å². The van der Waals surface area contributed by atoms with Crippen LogP contribution in [0.1, 0.15) is 19.8 Å². The number of likely N-dealkylation sites (N-methyl/N-ethyl adjacent to an activating group) is 1. The Morgan fingerprint density at radius 3 is 2.61 bits per heavy atom. The summed E-state index contributed by atoms with van der Waals surface area (Å²) in [7, 11) is -1.90. The fourth-order valence-electron chi connectivity index (χ4n) is 2.20. The highest BCUT2D eigenvalue weighted by Gasteiger charge is 2.30. The van der Waals surface area contributed by atoms with Gasteiger partial charge in [-0.3, -0.25) is 4.79 Å². The van der Waals surface area contributed by atoms with E-state index < -0.39 is 10.0 Å². The molecule has 2 atom stereocenters. The number of amides is 1. The minimum absolute atomic E-state index is 0.0363. The fraction of sp³-hybridized carbons (Fsp3) is 0.909. The molecule has 1 aliphatic rings. The second-order valence-corrected chi connectivity index (χ2v) is 7.21. The molecule has 106 valence electrons. The van der Waals surface area contributed by atoms with Gasteiger partial charge in [-0.1, -0.05) is 6.92 Å². The van der Waals surface area contributed by atoms with Gasteiger partial charge in [0.25, 0.3) is 0 Å². The zero-order valence-electron chi connectivity index (χ0n) is 11.3. The Bertz CT molecular complexity index is 396. The van der Waals surface area contributed by atoms with Gasteiger partial charge in [0.2, 0.25) is 15.9 Å². The maximum atomic E-state index is 12.1. The average Bonchev–Trinajstić information content (AvgIpc) is 2.27. The molecule has 0 radical (unpaired) electrons. The van der Waals surface area contributed by atoms with Crippen molar-refractivity contribution < 1.29 is 13.2 Å². The van der Waals surface area contributed by atoms with E-state index in [1.54, 1.807) is 4.90 Å². The molecule has 0 aliphatic carbocycles. The highest BCUT2D eigenvalue weighted by molar-refractivity contribution is 7.88. The molecule has 18 heavy (non-hydrogen) atoms. The second-order valence-electron chi connectivity index (χ2n) is 5.13. The van der Waals surface area contributed by atoms with E-state index in [1.165, 1.54) is 7.05 Å². The van der Waals surface area contributed by atoms with Crippen molar-refractivity contribution in [2.24, 2.45) is 11.7 Å². The normalized spacial score (nSPS) is 25.5. The summed E-state index contributed by atoms with van der Waals surface area (Å²) in [6.07, 6.45) is 2.94. The van der Waals surface area contributed by atoms with Gasteiger partial charge in [0, 0.05) is 26.2 Å². The summed E-state index contributed by atoms with van der Waals surface area (Å²) in [5, 5.41) is 0. The van der Waals surface area contributed by atoms with Crippen molar-refractivity contribution in [3.63, 3.8) is 0 Å². The Kier molecular flexibility index (Phi) is 5.12. The molecule has 1 fully saturated rings. The first kappa shape index (κ1) is 15.4. The van der Waals surface area contributed by atoms with Gasteiger partial charge in [-0.05, 0) is 18.8 Å². The second kappa shape index (κ2) is 5.99. The van der Waals surface area contributed by atoms with E-state index in [0.717, 1.165) is 23.4 Å². The number of carbonyl (C=O) groups excluding carboxylic acids is 1. The van der Waals surface area contributed by atoms with E-state index in [2.05, 4.69) is 6.92 Å². The summed E-state index contributed by atoms with van der Waals surface area (Å²) < 4.78 is 23.6. The lowest BCUT2D eigenvalue weighted by Gasteiger charge is -2.38. The predicted octanol–water partition coefficient (Wildman–Crippen LogP) is -0.536. The van der Waals surface area contributed by atoms with Gasteiger partial charge in [0.15, 0.2) is 0 Å². The van der Waals surface area contributed by atoms with Gasteiger partial charge < -0.3 is 10.6 Å². The Balaban J connectivity index is 2.66. The maximum Gasteiger partial charge on any atom is 0.238 e. The number of nitrogens with zero attached hydrogens (tertiary/aromatic N) is 2. The smallest absolute Gasteiger partial charge is 0.238 e. The Morgan fingerprint density at radius 2 is 2.11 bits per heavy atom. The van der Waals surface area contributed by atoms with Gasteiger partial charge in [0.05, 0.1) is 12.8 Å². The molecule has 0 aromatic heterocycles. The molecular formula is C11H23N3O3S. The first-order valence-electron chi connectivity index (χ1n) is 6.16. The van der Waals surface area contributed by atoms with Crippen molar-refractivity contribution in [1.29, 1.82) is 0 Å². The van der Waals surface area contributed by atoms with Crippen LogP contribution in [-0.4, -0.2) is 62.5 Å². The number of hydrogen-bond acceptors (Lipinski definition) is 4. The molecule has 1 aliphatic heterocycles. The molecule has 0 spiro atoms. The van der Waals surface area contributed by atoms with Crippen LogP contribution in [-0.2, 0) is 14.8 Å². The first-order chi connectivity index (χ1) is 8.25. The maximum absolute atomic E-state index is 12.1. The van der Waals surface area contributed by atoms with E-state index in [4.69, 9.17) is 5.73 Å². The number of sulfonamides is 1. The average molecular weight is 277 g/mol. The molecule has 0 aromatic carbocycles. The van der Waals surface area contributed by atoms with Gasteiger partial charge in [0.1, 0.15) is 0 Å². The summed E-state index contributed by atoms with van der Waals surface area (Å²) in [6, 6.07) is 0.0363. The van der Waals surface area contributed by atoms with Crippen molar-refractivity contribution >= 4 is 15.9 Å². The van der Waals surface area contributed by atoms with Crippen LogP contribution >= 0.6 is 0 Å².